The number of hydrogen-bond acceptors (Lipinski definition) is 4. The standard InChI is InChI=1S/C11H13FN4.CH5N/c1-7(13)16(15-14)11-5-4-9(12)6-10(11)8-2-3-8;1-2/h4-6,8,13-14H,2-3H2,1H3;2H2,1H3. The van der Waals surface area contributed by atoms with Gasteiger partial charge in [-0.25, -0.2) is 9.40 Å². The molecule has 1 aliphatic carbocycles. The molecule has 0 aliphatic heterocycles. The van der Waals surface area contributed by atoms with Crippen molar-refractivity contribution in [3.05, 3.63) is 29.6 Å². The van der Waals surface area contributed by atoms with E-state index in [0.29, 0.717) is 11.6 Å². The predicted octanol–water partition coefficient (Wildman–Crippen LogP) is 3.03. The third kappa shape index (κ3) is 3.10. The summed E-state index contributed by atoms with van der Waals surface area (Å²) >= 11 is 0. The van der Waals surface area contributed by atoms with Gasteiger partial charge in [0.2, 0.25) is 0 Å². The molecule has 1 fully saturated rings. The van der Waals surface area contributed by atoms with Gasteiger partial charge in [0.05, 0.1) is 5.69 Å². The molecule has 0 spiro atoms. The molecule has 0 radical (unpaired) electrons. The molecule has 5 nitrogen and oxygen atoms in total. The molecular formula is C12H18FN5. The van der Waals surface area contributed by atoms with Crippen LogP contribution in [0.4, 0.5) is 10.1 Å². The van der Waals surface area contributed by atoms with E-state index in [2.05, 4.69) is 11.0 Å². The minimum Gasteiger partial charge on any atom is -0.333 e. The van der Waals surface area contributed by atoms with Gasteiger partial charge in [-0.15, -0.1) is 0 Å². The van der Waals surface area contributed by atoms with E-state index in [9.17, 15) is 4.39 Å². The summed E-state index contributed by atoms with van der Waals surface area (Å²) in [5.74, 6) is 0.232. The summed E-state index contributed by atoms with van der Waals surface area (Å²) in [6.45, 7) is 1.55. The lowest BCUT2D eigenvalue weighted by Crippen LogP contribution is -2.21. The molecule has 0 saturated heterocycles. The molecule has 0 unspecified atom stereocenters. The van der Waals surface area contributed by atoms with Crippen LogP contribution in [0.1, 0.15) is 31.2 Å². The van der Waals surface area contributed by atoms with Crippen molar-refractivity contribution < 1.29 is 4.39 Å². The lowest BCUT2D eigenvalue weighted by Gasteiger charge is -2.18. The van der Waals surface area contributed by atoms with Gasteiger partial charge in [-0.2, -0.15) is 5.53 Å². The molecule has 18 heavy (non-hydrogen) atoms. The van der Waals surface area contributed by atoms with E-state index in [-0.39, 0.29) is 11.7 Å². The molecule has 1 saturated carbocycles. The highest BCUT2D eigenvalue weighted by Crippen LogP contribution is 2.44. The molecule has 0 atom stereocenters. The first-order valence-corrected chi connectivity index (χ1v) is 5.73. The minimum absolute atomic E-state index is 0.156. The molecular weight excluding hydrogens is 233 g/mol. The van der Waals surface area contributed by atoms with Crippen LogP contribution in [0.2, 0.25) is 0 Å². The van der Waals surface area contributed by atoms with Gasteiger partial charge in [-0.05, 0) is 56.5 Å². The molecule has 0 amide bonds. The van der Waals surface area contributed by atoms with Gasteiger partial charge in [0.15, 0.2) is 0 Å². The Hall–Kier alpha value is -1.82. The van der Waals surface area contributed by atoms with E-state index in [1.54, 1.807) is 13.0 Å². The number of nitrogens with one attached hydrogen (secondary N) is 2. The minimum atomic E-state index is -0.279. The first-order chi connectivity index (χ1) is 8.63. The molecule has 1 aliphatic rings. The van der Waals surface area contributed by atoms with Crippen molar-refractivity contribution in [3.8, 4) is 0 Å². The second-order valence-corrected chi connectivity index (χ2v) is 3.97. The number of nitrogens with zero attached hydrogens (tertiary/aromatic N) is 2. The Balaban J connectivity index is 0.000000771. The highest BCUT2D eigenvalue weighted by atomic mass is 19.1. The molecule has 2 rings (SSSR count). The van der Waals surface area contributed by atoms with E-state index in [4.69, 9.17) is 10.9 Å². The second-order valence-electron chi connectivity index (χ2n) is 3.97. The Kier molecular flexibility index (Phi) is 4.91. The highest BCUT2D eigenvalue weighted by molar-refractivity contribution is 5.93. The summed E-state index contributed by atoms with van der Waals surface area (Å²) in [7, 11) is 1.50. The fourth-order valence-electron chi connectivity index (χ4n) is 1.75. The zero-order valence-electron chi connectivity index (χ0n) is 10.6. The Morgan fingerprint density at radius 3 is 2.50 bits per heavy atom. The fourth-order valence-corrected chi connectivity index (χ4v) is 1.75. The van der Waals surface area contributed by atoms with E-state index in [1.165, 1.54) is 24.2 Å². The van der Waals surface area contributed by atoms with Crippen LogP contribution < -0.4 is 10.7 Å². The summed E-state index contributed by atoms with van der Waals surface area (Å²) in [5.41, 5.74) is 13.1. The summed E-state index contributed by atoms with van der Waals surface area (Å²) in [6.07, 6.45) is 2.08. The largest absolute Gasteiger partial charge is 0.333 e. The summed E-state index contributed by atoms with van der Waals surface area (Å²) in [5, 5.41) is 12.0. The average Bonchev–Trinajstić information content (AvgIpc) is 3.18. The highest BCUT2D eigenvalue weighted by Gasteiger charge is 2.28. The average molecular weight is 251 g/mol. The molecule has 6 heteroatoms. The maximum absolute atomic E-state index is 13.2. The van der Waals surface area contributed by atoms with Crippen LogP contribution in [0.3, 0.4) is 0 Å². The van der Waals surface area contributed by atoms with Crippen molar-refractivity contribution in [1.29, 1.82) is 10.9 Å². The normalized spacial score (nSPS) is 13.3. The fraction of sp³-hybridized carbons (Fsp3) is 0.417. The van der Waals surface area contributed by atoms with Crippen LogP contribution in [-0.4, -0.2) is 12.9 Å². The number of amidine groups is 1. The number of nitrogens with two attached hydrogens (primary N) is 1. The SMILES string of the molecule is CC(=N)N(N=N)c1ccc(F)cc1C1CC1.CN. The van der Waals surface area contributed by atoms with E-state index in [0.717, 1.165) is 18.4 Å². The monoisotopic (exact) mass is 251 g/mol. The maximum atomic E-state index is 13.2. The van der Waals surface area contributed by atoms with Gasteiger partial charge >= 0.3 is 0 Å². The Bertz CT molecular complexity index is 442. The van der Waals surface area contributed by atoms with Crippen LogP contribution in [0, 0.1) is 16.8 Å². The quantitative estimate of drug-likeness (QED) is 0.333. The molecule has 0 heterocycles. The van der Waals surface area contributed by atoms with Gasteiger partial charge in [-0.1, -0.05) is 5.22 Å². The molecule has 1 aromatic carbocycles. The number of benzene rings is 1. The van der Waals surface area contributed by atoms with Crippen molar-refractivity contribution in [2.45, 2.75) is 25.7 Å². The van der Waals surface area contributed by atoms with Crippen molar-refractivity contribution in [1.82, 2.24) is 0 Å². The Labute approximate surface area is 106 Å². The predicted molar refractivity (Wildman–Crippen MR) is 69.5 cm³/mol. The Morgan fingerprint density at radius 1 is 1.44 bits per heavy atom. The first-order valence-electron chi connectivity index (χ1n) is 5.73. The van der Waals surface area contributed by atoms with Crippen LogP contribution in [0.25, 0.3) is 0 Å². The van der Waals surface area contributed by atoms with Crippen LogP contribution in [0.15, 0.2) is 23.4 Å². The smallest absolute Gasteiger partial charge is 0.123 e. The van der Waals surface area contributed by atoms with E-state index >= 15 is 0 Å². The third-order valence-electron chi connectivity index (χ3n) is 2.65. The number of anilines is 1. The topological polar surface area (TPSA) is 89.3 Å². The van der Waals surface area contributed by atoms with Crippen molar-refractivity contribution >= 4 is 11.5 Å². The molecule has 1 aromatic rings. The third-order valence-corrected chi connectivity index (χ3v) is 2.65. The van der Waals surface area contributed by atoms with E-state index < -0.39 is 0 Å². The van der Waals surface area contributed by atoms with Gasteiger partial charge in [0, 0.05) is 0 Å². The number of rotatable bonds is 3. The molecule has 4 N–H and O–H groups in total. The summed E-state index contributed by atoms with van der Waals surface area (Å²) in [6, 6.07) is 4.40. The van der Waals surface area contributed by atoms with Crippen LogP contribution >= 0.6 is 0 Å². The summed E-state index contributed by atoms with van der Waals surface area (Å²) in [4.78, 5) is 0. The number of hydrogen-bond donors (Lipinski definition) is 3. The number of halogens is 1. The Morgan fingerprint density at radius 2 is 2.06 bits per heavy atom. The summed E-state index contributed by atoms with van der Waals surface area (Å²) < 4.78 is 13.2. The zero-order valence-corrected chi connectivity index (χ0v) is 10.6. The van der Waals surface area contributed by atoms with Crippen molar-refractivity contribution in [3.63, 3.8) is 0 Å². The van der Waals surface area contributed by atoms with Gasteiger partial charge in [-0.3, -0.25) is 5.41 Å². The second kappa shape index (κ2) is 6.20. The lowest BCUT2D eigenvalue weighted by molar-refractivity contribution is 0.625. The zero-order chi connectivity index (χ0) is 13.7. The molecule has 0 bridgehead atoms. The lowest BCUT2D eigenvalue weighted by atomic mass is 10.1. The van der Waals surface area contributed by atoms with Crippen molar-refractivity contribution in [2.24, 2.45) is 11.0 Å². The molecule has 98 valence electrons. The first kappa shape index (κ1) is 14.2. The van der Waals surface area contributed by atoms with E-state index in [1.807, 2.05) is 0 Å². The van der Waals surface area contributed by atoms with Crippen LogP contribution in [0.5, 0.6) is 0 Å². The van der Waals surface area contributed by atoms with Gasteiger partial charge in [0.25, 0.3) is 0 Å². The van der Waals surface area contributed by atoms with Gasteiger partial charge < -0.3 is 5.73 Å². The van der Waals surface area contributed by atoms with Crippen LogP contribution in [-0.2, 0) is 0 Å². The maximum Gasteiger partial charge on any atom is 0.123 e. The molecule has 0 aromatic heterocycles. The van der Waals surface area contributed by atoms with Crippen molar-refractivity contribution in [2.75, 3.05) is 12.1 Å². The van der Waals surface area contributed by atoms with Gasteiger partial charge in [0.1, 0.15) is 11.7 Å².